The van der Waals surface area contributed by atoms with E-state index in [1.807, 2.05) is 23.3 Å². The number of fused-ring (bicyclic) bond motifs is 1. The van der Waals surface area contributed by atoms with Gasteiger partial charge in [-0.2, -0.15) is 0 Å². The maximum atomic E-state index is 13.2. The Hall–Kier alpha value is -1.85. The SMILES string of the molecule is CCC1CCCCN1C(=O)c1nc(C(=O)NC(C)C)c2n1CCCC2. The van der Waals surface area contributed by atoms with Crippen LogP contribution in [0.2, 0.25) is 0 Å². The number of rotatable bonds is 4. The van der Waals surface area contributed by atoms with Gasteiger partial charge in [-0.15, -0.1) is 0 Å². The van der Waals surface area contributed by atoms with Crippen molar-refractivity contribution >= 4 is 11.8 Å². The lowest BCUT2D eigenvalue weighted by molar-refractivity contribution is 0.0589. The molecule has 0 aromatic carbocycles. The van der Waals surface area contributed by atoms with Gasteiger partial charge in [0, 0.05) is 25.2 Å². The monoisotopic (exact) mass is 346 g/mol. The molecule has 138 valence electrons. The summed E-state index contributed by atoms with van der Waals surface area (Å²) in [6.07, 6.45) is 7.17. The van der Waals surface area contributed by atoms with Gasteiger partial charge in [0.15, 0.2) is 5.82 Å². The minimum Gasteiger partial charge on any atom is -0.348 e. The Morgan fingerprint density at radius 3 is 2.68 bits per heavy atom. The molecule has 1 aromatic rings. The fraction of sp³-hybridized carbons (Fsp3) is 0.737. The Balaban J connectivity index is 1.94. The van der Waals surface area contributed by atoms with Crippen LogP contribution in [0.25, 0.3) is 0 Å². The average molecular weight is 346 g/mol. The van der Waals surface area contributed by atoms with Crippen LogP contribution in [-0.4, -0.2) is 44.9 Å². The van der Waals surface area contributed by atoms with Gasteiger partial charge in [-0.1, -0.05) is 6.92 Å². The van der Waals surface area contributed by atoms with Crippen molar-refractivity contribution in [3.63, 3.8) is 0 Å². The van der Waals surface area contributed by atoms with Gasteiger partial charge in [0.25, 0.3) is 11.8 Å². The molecule has 1 atom stereocenters. The third-order valence-corrected chi connectivity index (χ3v) is 5.30. The van der Waals surface area contributed by atoms with Gasteiger partial charge in [-0.25, -0.2) is 4.98 Å². The lowest BCUT2D eigenvalue weighted by Crippen LogP contribution is -2.44. The zero-order valence-corrected chi connectivity index (χ0v) is 15.7. The van der Waals surface area contributed by atoms with Gasteiger partial charge >= 0.3 is 0 Å². The first-order chi connectivity index (χ1) is 12.0. The van der Waals surface area contributed by atoms with Crippen LogP contribution in [0.3, 0.4) is 0 Å². The summed E-state index contributed by atoms with van der Waals surface area (Å²) in [7, 11) is 0. The first-order valence-corrected chi connectivity index (χ1v) is 9.74. The van der Waals surface area contributed by atoms with Crippen LogP contribution in [0.1, 0.15) is 86.1 Å². The van der Waals surface area contributed by atoms with Crippen molar-refractivity contribution in [2.45, 2.75) is 84.3 Å². The van der Waals surface area contributed by atoms with Crippen molar-refractivity contribution < 1.29 is 9.59 Å². The van der Waals surface area contributed by atoms with E-state index in [0.29, 0.717) is 17.6 Å². The maximum absolute atomic E-state index is 13.2. The van der Waals surface area contributed by atoms with Crippen LogP contribution in [0.15, 0.2) is 0 Å². The highest BCUT2D eigenvalue weighted by molar-refractivity contribution is 5.97. The lowest BCUT2D eigenvalue weighted by Gasteiger charge is -2.35. The standard InChI is InChI=1S/C19H30N4O2/c1-4-14-9-5-7-11-22(14)19(25)17-21-16(18(24)20-13(2)3)15-10-6-8-12-23(15)17/h13-14H,4-12H2,1-3H3,(H,20,24). The molecule has 0 aliphatic carbocycles. The Morgan fingerprint density at radius 2 is 1.96 bits per heavy atom. The summed E-state index contributed by atoms with van der Waals surface area (Å²) < 4.78 is 2.00. The van der Waals surface area contributed by atoms with Crippen LogP contribution >= 0.6 is 0 Å². The third kappa shape index (κ3) is 3.58. The largest absolute Gasteiger partial charge is 0.348 e. The van der Waals surface area contributed by atoms with Crippen LogP contribution in [-0.2, 0) is 13.0 Å². The van der Waals surface area contributed by atoms with Crippen molar-refractivity contribution in [2.75, 3.05) is 6.54 Å². The number of nitrogens with zero attached hydrogens (tertiary/aromatic N) is 3. The highest BCUT2D eigenvalue weighted by Gasteiger charge is 2.33. The number of hydrogen-bond acceptors (Lipinski definition) is 3. The topological polar surface area (TPSA) is 67.2 Å². The van der Waals surface area contributed by atoms with E-state index < -0.39 is 0 Å². The van der Waals surface area contributed by atoms with Crippen LogP contribution in [0.4, 0.5) is 0 Å². The predicted molar refractivity (Wildman–Crippen MR) is 96.7 cm³/mol. The molecule has 25 heavy (non-hydrogen) atoms. The average Bonchev–Trinajstić information content (AvgIpc) is 3.00. The zero-order chi connectivity index (χ0) is 18.0. The number of amides is 2. The second-order valence-corrected chi connectivity index (χ2v) is 7.52. The molecule has 1 saturated heterocycles. The minimum absolute atomic E-state index is 0.00158. The highest BCUT2D eigenvalue weighted by atomic mass is 16.2. The molecular weight excluding hydrogens is 316 g/mol. The third-order valence-electron chi connectivity index (χ3n) is 5.30. The number of likely N-dealkylation sites (tertiary alicyclic amines) is 1. The van der Waals surface area contributed by atoms with E-state index in [1.54, 1.807) is 0 Å². The molecule has 1 unspecified atom stereocenters. The van der Waals surface area contributed by atoms with Crippen LogP contribution in [0.5, 0.6) is 0 Å². The summed E-state index contributed by atoms with van der Waals surface area (Å²) in [6.45, 7) is 7.59. The molecule has 1 aromatic heterocycles. The molecular formula is C19H30N4O2. The number of carbonyl (C=O) groups is 2. The number of nitrogens with one attached hydrogen (secondary N) is 1. The van der Waals surface area contributed by atoms with Crippen LogP contribution < -0.4 is 5.32 Å². The van der Waals surface area contributed by atoms with Gasteiger partial charge in [0.1, 0.15) is 5.69 Å². The first kappa shape index (κ1) is 18.0. The molecule has 1 N–H and O–H groups in total. The maximum Gasteiger partial charge on any atom is 0.290 e. The molecule has 1 fully saturated rings. The van der Waals surface area contributed by atoms with Crippen molar-refractivity contribution in [1.29, 1.82) is 0 Å². The van der Waals surface area contributed by atoms with Gasteiger partial charge in [-0.3, -0.25) is 9.59 Å². The van der Waals surface area contributed by atoms with E-state index in [4.69, 9.17) is 0 Å². The Bertz CT molecular complexity index is 650. The molecule has 2 aliphatic heterocycles. The second-order valence-electron chi connectivity index (χ2n) is 7.52. The number of imidazole rings is 1. The summed E-state index contributed by atoms with van der Waals surface area (Å²) in [4.78, 5) is 32.3. The fourth-order valence-electron chi connectivity index (χ4n) is 4.04. The Kier molecular flexibility index (Phi) is 5.45. The van der Waals surface area contributed by atoms with Gasteiger partial charge < -0.3 is 14.8 Å². The van der Waals surface area contributed by atoms with E-state index in [1.165, 1.54) is 6.42 Å². The molecule has 6 heteroatoms. The molecule has 0 bridgehead atoms. The molecule has 0 radical (unpaired) electrons. The highest BCUT2D eigenvalue weighted by Crippen LogP contribution is 2.25. The van der Waals surface area contributed by atoms with Crippen molar-refractivity contribution in [3.05, 3.63) is 17.2 Å². The summed E-state index contributed by atoms with van der Waals surface area (Å²) in [5, 5.41) is 2.92. The van der Waals surface area contributed by atoms with Crippen LogP contribution in [0, 0.1) is 0 Å². The van der Waals surface area contributed by atoms with Gasteiger partial charge in [0.05, 0.1) is 5.69 Å². The number of hydrogen-bond donors (Lipinski definition) is 1. The first-order valence-electron chi connectivity index (χ1n) is 9.74. The Labute approximate surface area is 150 Å². The number of aromatic nitrogens is 2. The molecule has 0 saturated carbocycles. The zero-order valence-electron chi connectivity index (χ0n) is 15.7. The molecule has 2 amide bonds. The second kappa shape index (κ2) is 7.58. The fourth-order valence-corrected chi connectivity index (χ4v) is 4.04. The Morgan fingerprint density at radius 1 is 1.20 bits per heavy atom. The molecule has 2 aliphatic rings. The molecule has 3 rings (SSSR count). The molecule has 6 nitrogen and oxygen atoms in total. The van der Waals surface area contributed by atoms with Crippen molar-refractivity contribution in [3.8, 4) is 0 Å². The van der Waals surface area contributed by atoms with Crippen molar-refractivity contribution in [2.24, 2.45) is 0 Å². The van der Waals surface area contributed by atoms with E-state index in [9.17, 15) is 9.59 Å². The molecule has 3 heterocycles. The van der Waals surface area contributed by atoms with E-state index in [-0.39, 0.29) is 17.9 Å². The van der Waals surface area contributed by atoms with Gasteiger partial charge in [0.2, 0.25) is 0 Å². The summed E-state index contributed by atoms with van der Waals surface area (Å²) >= 11 is 0. The summed E-state index contributed by atoms with van der Waals surface area (Å²) in [6, 6.07) is 0.352. The predicted octanol–water partition coefficient (Wildman–Crippen LogP) is 2.76. The summed E-state index contributed by atoms with van der Waals surface area (Å²) in [5.74, 6) is 0.299. The molecule has 0 spiro atoms. The van der Waals surface area contributed by atoms with Gasteiger partial charge in [-0.05, 0) is 58.8 Å². The van der Waals surface area contributed by atoms with Crippen molar-refractivity contribution in [1.82, 2.24) is 19.8 Å². The van der Waals surface area contributed by atoms with E-state index in [0.717, 1.165) is 57.3 Å². The van der Waals surface area contributed by atoms with E-state index in [2.05, 4.69) is 17.2 Å². The van der Waals surface area contributed by atoms with E-state index >= 15 is 0 Å². The number of piperidine rings is 1. The minimum atomic E-state index is -0.162. The quantitative estimate of drug-likeness (QED) is 0.911. The lowest BCUT2D eigenvalue weighted by atomic mass is 10.00. The summed E-state index contributed by atoms with van der Waals surface area (Å²) in [5.41, 5.74) is 1.37. The number of carbonyl (C=O) groups excluding carboxylic acids is 2. The normalized spacial score (nSPS) is 20.5. The smallest absolute Gasteiger partial charge is 0.290 e.